The average molecular weight is 405 g/mol. The average Bonchev–Trinajstić information content (AvgIpc) is 3.01. The van der Waals surface area contributed by atoms with Gasteiger partial charge in [-0.1, -0.05) is 77.2 Å². The molecule has 1 aromatic carbocycles. The van der Waals surface area contributed by atoms with Crippen LogP contribution in [0, 0.1) is 0 Å². The molecule has 1 unspecified atom stereocenters. The maximum Gasteiger partial charge on any atom is 1.00 e. The molecular weight excluding hydrogens is 371 g/mol. The van der Waals surface area contributed by atoms with Crippen LogP contribution in [0.15, 0.2) is 23.1 Å². The molecular formula is C20H33N2NaO3S. The van der Waals surface area contributed by atoms with E-state index in [2.05, 4.69) is 17.6 Å². The predicted molar refractivity (Wildman–Crippen MR) is 107 cm³/mol. The summed E-state index contributed by atoms with van der Waals surface area (Å²) in [6.45, 7) is 2.25. The molecule has 1 aliphatic heterocycles. The number of benzene rings is 1. The monoisotopic (exact) mass is 404 g/mol. The van der Waals surface area contributed by atoms with Gasteiger partial charge in [0.05, 0.1) is 22.4 Å². The molecule has 0 fully saturated rings. The third kappa shape index (κ3) is 8.73. The van der Waals surface area contributed by atoms with E-state index < -0.39 is 10.1 Å². The fourth-order valence-corrected chi connectivity index (χ4v) is 4.23. The summed E-state index contributed by atoms with van der Waals surface area (Å²) in [6, 6.07) is 4.76. The van der Waals surface area contributed by atoms with E-state index in [1.165, 1.54) is 70.3 Å². The number of para-hydroxylation sites is 1. The summed E-state index contributed by atoms with van der Waals surface area (Å²) in [4.78, 5) is -0.163. The first-order chi connectivity index (χ1) is 12.5. The van der Waals surface area contributed by atoms with Gasteiger partial charge in [0, 0.05) is 0 Å². The van der Waals surface area contributed by atoms with Gasteiger partial charge in [0.25, 0.3) is 0 Å². The van der Waals surface area contributed by atoms with Crippen molar-refractivity contribution in [2.75, 3.05) is 10.6 Å². The molecule has 0 aliphatic carbocycles. The molecule has 0 aromatic heterocycles. The van der Waals surface area contributed by atoms with E-state index in [1.807, 2.05) is 0 Å². The first-order valence-corrected chi connectivity index (χ1v) is 11.5. The van der Waals surface area contributed by atoms with Crippen LogP contribution in [0.3, 0.4) is 0 Å². The minimum absolute atomic E-state index is 0. The summed E-state index contributed by atoms with van der Waals surface area (Å²) in [5, 5.41) is 6.42. The van der Waals surface area contributed by atoms with Crippen LogP contribution in [0.5, 0.6) is 0 Å². The molecule has 1 aromatic rings. The number of fused-ring (bicyclic) bond motifs is 1. The molecule has 2 N–H and O–H groups in total. The van der Waals surface area contributed by atoms with Crippen LogP contribution in [-0.2, 0) is 10.1 Å². The van der Waals surface area contributed by atoms with Gasteiger partial charge in [-0.15, -0.1) is 0 Å². The van der Waals surface area contributed by atoms with Gasteiger partial charge in [0.1, 0.15) is 10.1 Å². The fraction of sp³-hybridized carbons (Fsp3) is 0.700. The zero-order valence-corrected chi connectivity index (χ0v) is 19.7. The summed E-state index contributed by atoms with van der Waals surface area (Å²) >= 11 is 0. The Labute approximate surface area is 187 Å². The summed E-state index contributed by atoms with van der Waals surface area (Å²) in [5.41, 5.74) is 1.13. The third-order valence-corrected chi connectivity index (χ3v) is 5.92. The van der Waals surface area contributed by atoms with E-state index in [0.717, 1.165) is 12.8 Å². The first kappa shape index (κ1) is 24.8. The van der Waals surface area contributed by atoms with E-state index in [9.17, 15) is 13.0 Å². The second-order valence-electron chi connectivity index (χ2n) is 7.30. The van der Waals surface area contributed by atoms with Crippen LogP contribution < -0.4 is 40.2 Å². The Hall–Kier alpha value is -0.270. The molecule has 0 bridgehead atoms. The van der Waals surface area contributed by atoms with Gasteiger partial charge in [-0.25, -0.2) is 8.42 Å². The first-order valence-electron chi connectivity index (χ1n) is 10.1. The second kappa shape index (κ2) is 13.0. The maximum atomic E-state index is 11.3. The predicted octanol–water partition coefficient (Wildman–Crippen LogP) is 2.46. The zero-order valence-electron chi connectivity index (χ0n) is 16.9. The van der Waals surface area contributed by atoms with Gasteiger partial charge in [-0.2, -0.15) is 0 Å². The molecule has 5 nitrogen and oxygen atoms in total. The van der Waals surface area contributed by atoms with E-state index in [4.69, 9.17) is 0 Å². The van der Waals surface area contributed by atoms with Crippen LogP contribution >= 0.6 is 0 Å². The van der Waals surface area contributed by atoms with Crippen molar-refractivity contribution in [1.29, 1.82) is 0 Å². The standard InChI is InChI=1S/C20H34N2O3S.Na/c1-2-3-4-5-6-7-8-9-10-11-12-16-19-21-17-14-13-15-18(20(17)22-19)26(23,24)25;/h13-15,19,21-22H,2-12,16H2,1H3,(H,23,24,25);/q;+1/p-1. The Morgan fingerprint density at radius 1 is 0.889 bits per heavy atom. The molecule has 0 saturated carbocycles. The van der Waals surface area contributed by atoms with Gasteiger partial charge in [0.2, 0.25) is 0 Å². The molecule has 27 heavy (non-hydrogen) atoms. The Bertz CT molecular complexity index is 653. The normalized spacial score (nSPS) is 15.6. The summed E-state index contributed by atoms with van der Waals surface area (Å²) in [6.07, 6.45) is 15.3. The minimum atomic E-state index is -4.45. The number of hydrogen-bond donors (Lipinski definition) is 2. The van der Waals surface area contributed by atoms with Crippen molar-refractivity contribution in [3.05, 3.63) is 18.2 Å². The van der Waals surface area contributed by atoms with Gasteiger partial charge in [-0.3, -0.25) is 0 Å². The van der Waals surface area contributed by atoms with Gasteiger partial charge < -0.3 is 15.2 Å². The number of unbranched alkanes of at least 4 members (excludes halogenated alkanes) is 10. The van der Waals surface area contributed by atoms with Crippen LogP contribution in [-0.4, -0.2) is 19.1 Å². The van der Waals surface area contributed by atoms with Gasteiger partial charge >= 0.3 is 29.6 Å². The molecule has 0 radical (unpaired) electrons. The molecule has 0 amide bonds. The van der Waals surface area contributed by atoms with Crippen molar-refractivity contribution < 1.29 is 42.5 Å². The van der Waals surface area contributed by atoms with Crippen molar-refractivity contribution in [3.8, 4) is 0 Å². The van der Waals surface area contributed by atoms with Crippen molar-refractivity contribution >= 4 is 21.5 Å². The maximum absolute atomic E-state index is 11.3. The largest absolute Gasteiger partial charge is 1.00 e. The molecule has 2 rings (SSSR count). The minimum Gasteiger partial charge on any atom is -0.744 e. The van der Waals surface area contributed by atoms with Crippen LogP contribution in [0.25, 0.3) is 0 Å². The topological polar surface area (TPSA) is 81.3 Å². The summed E-state index contributed by atoms with van der Waals surface area (Å²) < 4.78 is 34.0. The number of rotatable bonds is 13. The molecule has 7 heteroatoms. The summed E-state index contributed by atoms with van der Waals surface area (Å²) in [5.74, 6) is 0. The van der Waals surface area contributed by atoms with Crippen LogP contribution in [0.4, 0.5) is 11.4 Å². The number of hydrogen-bond acceptors (Lipinski definition) is 5. The van der Waals surface area contributed by atoms with Crippen LogP contribution in [0.2, 0.25) is 0 Å². The van der Waals surface area contributed by atoms with Gasteiger partial charge in [-0.05, 0) is 25.0 Å². The van der Waals surface area contributed by atoms with E-state index in [1.54, 1.807) is 12.1 Å². The van der Waals surface area contributed by atoms with Gasteiger partial charge in [0.15, 0.2) is 0 Å². The Kier molecular flexibility index (Phi) is 12.0. The molecule has 148 valence electrons. The second-order valence-corrected chi connectivity index (χ2v) is 8.65. The number of nitrogens with one attached hydrogen (secondary N) is 2. The van der Waals surface area contributed by atoms with E-state index in [0.29, 0.717) is 11.4 Å². The van der Waals surface area contributed by atoms with Crippen molar-refractivity contribution in [2.45, 2.75) is 95.0 Å². The van der Waals surface area contributed by atoms with E-state index in [-0.39, 0.29) is 40.6 Å². The Balaban J connectivity index is 0.00000364. The molecule has 1 heterocycles. The molecule has 0 spiro atoms. The van der Waals surface area contributed by atoms with Crippen molar-refractivity contribution in [1.82, 2.24) is 0 Å². The van der Waals surface area contributed by atoms with Crippen LogP contribution in [0.1, 0.15) is 84.0 Å². The number of anilines is 2. The van der Waals surface area contributed by atoms with Crippen molar-refractivity contribution in [3.63, 3.8) is 0 Å². The molecule has 0 saturated heterocycles. The fourth-order valence-electron chi connectivity index (χ4n) is 3.56. The Morgan fingerprint density at radius 2 is 1.44 bits per heavy atom. The smallest absolute Gasteiger partial charge is 0.744 e. The Morgan fingerprint density at radius 3 is 2.00 bits per heavy atom. The third-order valence-electron chi connectivity index (χ3n) is 5.04. The molecule has 1 aliphatic rings. The zero-order chi connectivity index (χ0) is 18.8. The SMILES string of the molecule is CCCCCCCCCCCCCC1Nc2cccc(S(=O)(=O)[O-])c2N1.[Na+]. The quantitative estimate of drug-likeness (QED) is 0.300. The van der Waals surface area contributed by atoms with Crippen molar-refractivity contribution in [2.24, 2.45) is 0 Å². The summed E-state index contributed by atoms with van der Waals surface area (Å²) in [7, 11) is -4.45. The van der Waals surface area contributed by atoms with E-state index >= 15 is 0 Å². The molecule has 1 atom stereocenters.